The molecule has 2 N–H and O–H groups in total. The molecule has 2 amide bonds. The number of rotatable bonds is 5. The van der Waals surface area contributed by atoms with Crippen LogP contribution in [0.3, 0.4) is 0 Å². The highest BCUT2D eigenvalue weighted by atomic mass is 16.5. The molecular formula is C29H31N5O5. The first-order valence-electron chi connectivity index (χ1n) is 13.3. The molecule has 10 heteroatoms. The number of oxazole rings is 1. The highest BCUT2D eigenvalue weighted by molar-refractivity contribution is 6.11. The molecule has 1 fully saturated rings. The number of nitrogens with zero attached hydrogens (tertiary/aromatic N) is 3. The van der Waals surface area contributed by atoms with E-state index in [4.69, 9.17) is 9.15 Å². The highest BCUT2D eigenvalue weighted by Gasteiger charge is 2.32. The molecule has 1 saturated heterocycles. The Morgan fingerprint density at radius 1 is 1.13 bits per heavy atom. The molecule has 1 unspecified atom stereocenters. The van der Waals surface area contributed by atoms with E-state index in [1.54, 1.807) is 25.5 Å². The van der Waals surface area contributed by atoms with Crippen molar-refractivity contribution in [1.82, 2.24) is 14.8 Å². The van der Waals surface area contributed by atoms with Crippen molar-refractivity contribution in [3.05, 3.63) is 69.3 Å². The van der Waals surface area contributed by atoms with Gasteiger partial charge in [0.15, 0.2) is 5.58 Å². The number of allylic oxidation sites excluding steroid dienone is 1. The zero-order chi connectivity index (χ0) is 27.1. The smallest absolute Gasteiger partial charge is 0.417 e. The van der Waals surface area contributed by atoms with Crippen molar-refractivity contribution >= 4 is 34.8 Å². The van der Waals surface area contributed by atoms with Crippen molar-refractivity contribution in [1.29, 1.82) is 0 Å². The fourth-order valence-corrected chi connectivity index (χ4v) is 5.88. The quantitative estimate of drug-likeness (QED) is 0.484. The summed E-state index contributed by atoms with van der Waals surface area (Å²) in [5.74, 6) is 0.0500. The number of ether oxygens (including phenoxy) is 1. The van der Waals surface area contributed by atoms with Crippen molar-refractivity contribution < 1.29 is 18.7 Å². The Bertz CT molecular complexity index is 1560. The first-order valence-corrected chi connectivity index (χ1v) is 13.3. The number of aryl methyl sites for hydroxylation is 1. The first kappa shape index (κ1) is 25.1. The van der Waals surface area contributed by atoms with Gasteiger partial charge in [-0.05, 0) is 73.7 Å². The highest BCUT2D eigenvalue weighted by Crippen LogP contribution is 2.29. The molecule has 6 rings (SSSR count). The summed E-state index contributed by atoms with van der Waals surface area (Å²) >= 11 is 0. The van der Waals surface area contributed by atoms with Crippen LogP contribution in [0.25, 0.3) is 11.1 Å². The monoisotopic (exact) mass is 529 g/mol. The number of carbonyl (C=O) groups excluding carboxylic acids is 2. The Kier molecular flexibility index (Phi) is 6.56. The summed E-state index contributed by atoms with van der Waals surface area (Å²) in [5.41, 5.74) is 4.49. The van der Waals surface area contributed by atoms with Gasteiger partial charge in [0, 0.05) is 55.6 Å². The zero-order valence-electron chi connectivity index (χ0n) is 22.0. The molecule has 1 atom stereocenters. The molecular weight excluding hydrogens is 498 g/mol. The number of aromatic nitrogens is 1. The molecule has 0 spiro atoms. The second kappa shape index (κ2) is 10.2. The molecule has 4 heterocycles. The van der Waals surface area contributed by atoms with E-state index in [2.05, 4.69) is 20.2 Å². The van der Waals surface area contributed by atoms with Gasteiger partial charge < -0.3 is 19.4 Å². The predicted octanol–water partition coefficient (Wildman–Crippen LogP) is 3.90. The number of piperidine rings is 1. The summed E-state index contributed by atoms with van der Waals surface area (Å²) in [6, 6.07) is 9.27. The third kappa shape index (κ3) is 4.87. The fourth-order valence-electron chi connectivity index (χ4n) is 5.88. The topological polar surface area (TPSA) is 120 Å². The van der Waals surface area contributed by atoms with Crippen LogP contribution in [0.2, 0.25) is 0 Å². The van der Waals surface area contributed by atoms with Gasteiger partial charge in [0.25, 0.3) is 0 Å². The number of likely N-dealkylation sites (tertiary alicyclic amines) is 1. The Balaban J connectivity index is 1.11. The lowest BCUT2D eigenvalue weighted by Gasteiger charge is -2.40. The predicted molar refractivity (Wildman–Crippen MR) is 148 cm³/mol. The maximum atomic E-state index is 13.3. The Morgan fingerprint density at radius 2 is 1.95 bits per heavy atom. The number of H-pyrrole nitrogens is 1. The average molecular weight is 530 g/mol. The number of ketones is 1. The minimum absolute atomic E-state index is 0.0551. The van der Waals surface area contributed by atoms with Gasteiger partial charge in [0.2, 0.25) is 5.78 Å². The van der Waals surface area contributed by atoms with Crippen LogP contribution in [0.5, 0.6) is 5.75 Å². The van der Waals surface area contributed by atoms with Gasteiger partial charge in [-0.25, -0.2) is 9.59 Å². The number of hydrogen-bond donors (Lipinski definition) is 2. The van der Waals surface area contributed by atoms with Gasteiger partial charge in [-0.1, -0.05) is 0 Å². The van der Waals surface area contributed by atoms with Crippen molar-refractivity contribution in [3.8, 4) is 5.75 Å². The minimum atomic E-state index is -0.543. The van der Waals surface area contributed by atoms with Crippen molar-refractivity contribution in [2.45, 2.75) is 44.7 Å². The van der Waals surface area contributed by atoms with Crippen LogP contribution in [0.15, 0.2) is 56.3 Å². The lowest BCUT2D eigenvalue weighted by molar-refractivity contribution is 0.102. The second-order valence-corrected chi connectivity index (χ2v) is 10.3. The third-order valence-corrected chi connectivity index (χ3v) is 8.00. The number of benzene rings is 2. The van der Waals surface area contributed by atoms with E-state index in [1.165, 1.54) is 0 Å². The number of amides is 2. The molecule has 2 aromatic carbocycles. The van der Waals surface area contributed by atoms with E-state index < -0.39 is 5.76 Å². The number of urea groups is 1. The summed E-state index contributed by atoms with van der Waals surface area (Å²) < 4.78 is 10.5. The number of nitrogens with one attached hydrogen (secondary N) is 2. The average Bonchev–Trinajstić information content (AvgIpc) is 3.26. The molecule has 3 aromatic rings. The van der Waals surface area contributed by atoms with Crippen LogP contribution in [0.1, 0.15) is 40.7 Å². The van der Waals surface area contributed by atoms with Gasteiger partial charge in [-0.2, -0.15) is 0 Å². The fraction of sp³-hybridized carbons (Fsp3) is 0.379. The number of Topliss-reactive ketones (excluding diaryl/α,β-unsaturated/α-hetero) is 1. The van der Waals surface area contributed by atoms with Crippen LogP contribution >= 0.6 is 0 Å². The standard InChI is InChI=1S/C29H31N5O5/c1-17-13-19(15-25-26(17)32-29(37)39-25)27(35)24-16-21(5-9-30-24)33-10-7-20(8-11-33)34-12-6-18-14-22(38-2)3-4-23(18)31-28(34)36/h3-4,9,13-16,20-21H,5-8,10-12H2,1-2H3,(H,31,36)(H,32,37). The Hall–Kier alpha value is -4.18. The van der Waals surface area contributed by atoms with Gasteiger partial charge in [0.05, 0.1) is 12.6 Å². The van der Waals surface area contributed by atoms with E-state index >= 15 is 0 Å². The SMILES string of the molecule is COc1ccc2c(c1)CCN(C1CCN(C3C=C(C(=O)c4cc(C)c5[nH]c(=O)oc5c4)N=CC3)CC1)C(=O)N2. The molecule has 0 saturated carbocycles. The van der Waals surface area contributed by atoms with E-state index in [1.807, 2.05) is 36.1 Å². The number of fused-ring (bicyclic) bond motifs is 2. The number of aromatic amines is 1. The molecule has 0 aliphatic carbocycles. The largest absolute Gasteiger partial charge is 0.497 e. The molecule has 3 aliphatic rings. The lowest BCUT2D eigenvalue weighted by Crippen LogP contribution is -2.50. The maximum Gasteiger partial charge on any atom is 0.417 e. The molecule has 3 aliphatic heterocycles. The van der Waals surface area contributed by atoms with Crippen LogP contribution in [-0.4, -0.2) is 71.6 Å². The molecule has 10 nitrogen and oxygen atoms in total. The van der Waals surface area contributed by atoms with E-state index in [0.29, 0.717) is 28.9 Å². The van der Waals surface area contributed by atoms with Crippen LogP contribution in [-0.2, 0) is 6.42 Å². The minimum Gasteiger partial charge on any atom is -0.497 e. The van der Waals surface area contributed by atoms with Crippen molar-refractivity contribution in [3.63, 3.8) is 0 Å². The number of methoxy groups -OCH3 is 1. The lowest BCUT2D eigenvalue weighted by atomic mass is 9.97. The number of carbonyl (C=O) groups is 2. The summed E-state index contributed by atoms with van der Waals surface area (Å²) in [4.78, 5) is 49.3. The number of anilines is 1. The summed E-state index contributed by atoms with van der Waals surface area (Å²) in [6.07, 6.45) is 6.97. The van der Waals surface area contributed by atoms with Crippen LogP contribution < -0.4 is 15.8 Å². The molecule has 0 radical (unpaired) electrons. The number of aliphatic imine (C=N–C) groups is 1. The first-order chi connectivity index (χ1) is 18.9. The van der Waals surface area contributed by atoms with Gasteiger partial charge in [-0.3, -0.25) is 19.7 Å². The zero-order valence-corrected chi connectivity index (χ0v) is 22.0. The summed E-state index contributed by atoms with van der Waals surface area (Å²) in [7, 11) is 1.65. The molecule has 1 aromatic heterocycles. The van der Waals surface area contributed by atoms with E-state index in [0.717, 1.165) is 61.3 Å². The van der Waals surface area contributed by atoms with Crippen LogP contribution in [0, 0.1) is 6.92 Å². The van der Waals surface area contributed by atoms with Gasteiger partial charge in [0.1, 0.15) is 11.4 Å². The van der Waals surface area contributed by atoms with E-state index in [-0.39, 0.29) is 23.9 Å². The van der Waals surface area contributed by atoms with Crippen molar-refractivity contribution in [2.75, 3.05) is 32.1 Å². The molecule has 0 bridgehead atoms. The maximum absolute atomic E-state index is 13.3. The Morgan fingerprint density at radius 3 is 2.74 bits per heavy atom. The van der Waals surface area contributed by atoms with E-state index in [9.17, 15) is 14.4 Å². The summed E-state index contributed by atoms with van der Waals surface area (Å²) in [6.45, 7) is 4.14. The normalized spacial score (nSPS) is 20.4. The van der Waals surface area contributed by atoms with Gasteiger partial charge >= 0.3 is 11.8 Å². The van der Waals surface area contributed by atoms with Crippen molar-refractivity contribution in [2.24, 2.45) is 4.99 Å². The van der Waals surface area contributed by atoms with Crippen LogP contribution in [0.4, 0.5) is 10.5 Å². The number of hydrogen-bond acceptors (Lipinski definition) is 7. The summed E-state index contributed by atoms with van der Waals surface area (Å²) in [5, 5.41) is 3.07. The third-order valence-electron chi connectivity index (χ3n) is 8.00. The Labute approximate surface area is 225 Å². The molecule has 39 heavy (non-hydrogen) atoms. The second-order valence-electron chi connectivity index (χ2n) is 10.3. The van der Waals surface area contributed by atoms with Gasteiger partial charge in [-0.15, -0.1) is 0 Å². The molecule has 202 valence electrons.